The van der Waals surface area contributed by atoms with Crippen LogP contribution in [0.3, 0.4) is 0 Å². The van der Waals surface area contributed by atoms with Gasteiger partial charge in [-0.2, -0.15) is 13.2 Å². The summed E-state index contributed by atoms with van der Waals surface area (Å²) in [5.74, 6) is -0.365. The van der Waals surface area contributed by atoms with Crippen LogP contribution in [0.25, 0.3) is 0 Å². The Bertz CT molecular complexity index is 610. The van der Waals surface area contributed by atoms with Crippen molar-refractivity contribution in [2.45, 2.75) is 13.1 Å². The number of aliphatic imine (C=N–C) groups is 1. The molecule has 5 heteroatoms. The molecule has 0 aliphatic rings. The van der Waals surface area contributed by atoms with E-state index in [9.17, 15) is 17.6 Å². The van der Waals surface area contributed by atoms with Crippen LogP contribution in [-0.4, -0.2) is 5.71 Å². The quantitative estimate of drug-likeness (QED) is 0.543. The fourth-order valence-electron chi connectivity index (χ4n) is 1.67. The van der Waals surface area contributed by atoms with E-state index >= 15 is 0 Å². The van der Waals surface area contributed by atoms with Gasteiger partial charge in [0.1, 0.15) is 5.82 Å². The molecule has 20 heavy (non-hydrogen) atoms. The summed E-state index contributed by atoms with van der Waals surface area (Å²) in [4.78, 5) is 4.23. The van der Waals surface area contributed by atoms with Crippen molar-refractivity contribution < 1.29 is 17.6 Å². The summed E-state index contributed by atoms with van der Waals surface area (Å²) >= 11 is 0. The number of alkyl halides is 3. The van der Waals surface area contributed by atoms with Gasteiger partial charge in [0.2, 0.25) is 0 Å². The van der Waals surface area contributed by atoms with Crippen molar-refractivity contribution in [3.8, 4) is 0 Å². The Labute approximate surface area is 113 Å². The highest BCUT2D eigenvalue weighted by molar-refractivity contribution is 6.00. The van der Waals surface area contributed by atoms with Crippen LogP contribution >= 0.6 is 0 Å². The minimum Gasteiger partial charge on any atom is -0.253 e. The van der Waals surface area contributed by atoms with Crippen molar-refractivity contribution in [1.82, 2.24) is 0 Å². The summed E-state index contributed by atoms with van der Waals surface area (Å²) in [6.45, 7) is 1.69. The van der Waals surface area contributed by atoms with E-state index in [2.05, 4.69) is 4.99 Å². The average Bonchev–Trinajstić information content (AvgIpc) is 2.40. The Morgan fingerprint density at radius 2 is 1.45 bits per heavy atom. The van der Waals surface area contributed by atoms with Gasteiger partial charge in [-0.05, 0) is 48.9 Å². The molecule has 2 aromatic carbocycles. The molecule has 0 amide bonds. The first-order valence-corrected chi connectivity index (χ1v) is 5.85. The molecule has 0 heterocycles. The minimum atomic E-state index is -4.35. The molecule has 104 valence electrons. The average molecular weight is 281 g/mol. The van der Waals surface area contributed by atoms with Crippen molar-refractivity contribution in [2.75, 3.05) is 0 Å². The molecule has 0 saturated carbocycles. The van der Waals surface area contributed by atoms with E-state index in [1.54, 1.807) is 6.92 Å². The first-order valence-electron chi connectivity index (χ1n) is 5.85. The molecule has 0 spiro atoms. The molecule has 0 aliphatic carbocycles. The zero-order chi connectivity index (χ0) is 14.8. The summed E-state index contributed by atoms with van der Waals surface area (Å²) in [5.41, 5.74) is 0.993. The van der Waals surface area contributed by atoms with Gasteiger partial charge in [-0.15, -0.1) is 0 Å². The van der Waals surface area contributed by atoms with E-state index in [1.807, 2.05) is 0 Å². The largest absolute Gasteiger partial charge is 0.416 e. The lowest BCUT2D eigenvalue weighted by Gasteiger charge is -2.07. The Hall–Kier alpha value is -2.17. The second kappa shape index (κ2) is 5.45. The van der Waals surface area contributed by atoms with Crippen LogP contribution < -0.4 is 0 Å². The second-order valence-electron chi connectivity index (χ2n) is 4.25. The molecule has 0 saturated heterocycles. The van der Waals surface area contributed by atoms with Crippen LogP contribution in [0.4, 0.5) is 23.2 Å². The Morgan fingerprint density at radius 3 is 1.95 bits per heavy atom. The van der Waals surface area contributed by atoms with Gasteiger partial charge in [-0.1, -0.05) is 12.1 Å². The van der Waals surface area contributed by atoms with Gasteiger partial charge >= 0.3 is 6.18 Å². The summed E-state index contributed by atoms with van der Waals surface area (Å²) in [5, 5.41) is 0. The molecular formula is C15H11F4N. The van der Waals surface area contributed by atoms with Crippen LogP contribution in [-0.2, 0) is 6.18 Å². The van der Waals surface area contributed by atoms with Gasteiger partial charge in [0.05, 0.1) is 11.3 Å². The molecule has 0 unspecified atom stereocenters. The van der Waals surface area contributed by atoms with E-state index in [1.165, 1.54) is 36.4 Å². The molecule has 0 N–H and O–H groups in total. The lowest BCUT2D eigenvalue weighted by molar-refractivity contribution is -0.137. The highest BCUT2D eigenvalue weighted by Gasteiger charge is 2.29. The van der Waals surface area contributed by atoms with Gasteiger partial charge in [-0.25, -0.2) is 4.39 Å². The SMILES string of the molecule is CC(=Nc1ccc(F)cc1)c1ccc(C(F)(F)F)cc1. The van der Waals surface area contributed by atoms with E-state index in [0.717, 1.165) is 12.1 Å². The van der Waals surface area contributed by atoms with Crippen LogP contribution in [0, 0.1) is 5.82 Å². The lowest BCUT2D eigenvalue weighted by atomic mass is 10.1. The third-order valence-corrected chi connectivity index (χ3v) is 2.75. The summed E-state index contributed by atoms with van der Waals surface area (Å²) < 4.78 is 50.1. The van der Waals surface area contributed by atoms with Crippen LogP contribution in [0.1, 0.15) is 18.1 Å². The van der Waals surface area contributed by atoms with Gasteiger partial charge in [0.15, 0.2) is 0 Å². The number of benzene rings is 2. The Balaban J connectivity index is 2.25. The highest BCUT2D eigenvalue weighted by Crippen LogP contribution is 2.29. The molecule has 0 fully saturated rings. The van der Waals surface area contributed by atoms with Crippen molar-refractivity contribution in [3.63, 3.8) is 0 Å². The van der Waals surface area contributed by atoms with Crippen LogP contribution in [0.2, 0.25) is 0 Å². The molecule has 0 atom stereocenters. The zero-order valence-corrected chi connectivity index (χ0v) is 10.6. The van der Waals surface area contributed by atoms with Gasteiger partial charge < -0.3 is 0 Å². The number of hydrogen-bond acceptors (Lipinski definition) is 1. The Morgan fingerprint density at radius 1 is 0.900 bits per heavy atom. The predicted octanol–water partition coefficient (Wildman–Crippen LogP) is 4.99. The standard InChI is InChI=1S/C15H11F4N/c1-10(20-14-8-6-13(16)7-9-14)11-2-4-12(5-3-11)15(17,18)19/h2-9H,1H3. The second-order valence-corrected chi connectivity index (χ2v) is 4.25. The zero-order valence-electron chi connectivity index (χ0n) is 10.6. The van der Waals surface area contributed by atoms with Crippen molar-refractivity contribution in [1.29, 1.82) is 0 Å². The maximum Gasteiger partial charge on any atom is 0.416 e. The molecule has 0 bridgehead atoms. The lowest BCUT2D eigenvalue weighted by Crippen LogP contribution is -2.05. The van der Waals surface area contributed by atoms with Gasteiger partial charge in [-0.3, -0.25) is 4.99 Å². The number of halogens is 4. The smallest absolute Gasteiger partial charge is 0.253 e. The van der Waals surface area contributed by atoms with Crippen molar-refractivity contribution in [3.05, 3.63) is 65.5 Å². The maximum absolute atomic E-state index is 12.7. The van der Waals surface area contributed by atoms with E-state index in [4.69, 9.17) is 0 Å². The predicted molar refractivity (Wildman–Crippen MR) is 69.7 cm³/mol. The molecule has 2 aromatic rings. The third kappa shape index (κ3) is 3.44. The summed E-state index contributed by atoms with van der Waals surface area (Å²) in [6.07, 6.45) is -4.35. The number of hydrogen-bond donors (Lipinski definition) is 0. The third-order valence-electron chi connectivity index (χ3n) is 2.75. The van der Waals surface area contributed by atoms with E-state index in [0.29, 0.717) is 17.0 Å². The molecule has 2 rings (SSSR count). The first-order chi connectivity index (χ1) is 9.36. The molecule has 0 aromatic heterocycles. The summed E-state index contributed by atoms with van der Waals surface area (Å²) in [7, 11) is 0. The molecular weight excluding hydrogens is 270 g/mol. The minimum absolute atomic E-state index is 0.365. The van der Waals surface area contributed by atoms with E-state index in [-0.39, 0.29) is 5.82 Å². The molecule has 0 radical (unpaired) electrons. The monoisotopic (exact) mass is 281 g/mol. The first kappa shape index (κ1) is 14.2. The number of nitrogens with zero attached hydrogens (tertiary/aromatic N) is 1. The fourth-order valence-corrected chi connectivity index (χ4v) is 1.67. The van der Waals surface area contributed by atoms with E-state index < -0.39 is 11.7 Å². The maximum atomic E-state index is 12.7. The highest BCUT2D eigenvalue weighted by atomic mass is 19.4. The summed E-state index contributed by atoms with van der Waals surface area (Å²) in [6, 6.07) is 10.3. The Kier molecular flexibility index (Phi) is 3.88. The topological polar surface area (TPSA) is 12.4 Å². The molecule has 1 nitrogen and oxygen atoms in total. The van der Waals surface area contributed by atoms with Crippen molar-refractivity contribution in [2.24, 2.45) is 4.99 Å². The normalized spacial score (nSPS) is 12.6. The number of rotatable bonds is 2. The van der Waals surface area contributed by atoms with Crippen molar-refractivity contribution >= 4 is 11.4 Å². The van der Waals surface area contributed by atoms with Crippen LogP contribution in [0.15, 0.2) is 53.5 Å². The van der Waals surface area contributed by atoms with Gasteiger partial charge in [0, 0.05) is 5.71 Å². The van der Waals surface area contributed by atoms with Gasteiger partial charge in [0.25, 0.3) is 0 Å². The molecule has 0 aliphatic heterocycles. The van der Waals surface area contributed by atoms with Crippen LogP contribution in [0.5, 0.6) is 0 Å². The fraction of sp³-hybridized carbons (Fsp3) is 0.133.